The van der Waals surface area contributed by atoms with Crippen molar-refractivity contribution in [3.8, 4) is 5.75 Å². The Hall–Kier alpha value is -1.80. The lowest BCUT2D eigenvalue weighted by molar-refractivity contribution is 0.243. The van der Waals surface area contributed by atoms with E-state index in [0.717, 1.165) is 18.6 Å². The van der Waals surface area contributed by atoms with E-state index in [0.29, 0.717) is 6.61 Å². The SMILES string of the molecule is Cc1ccc(C(CO)CCCOc2ccccc2)cc1. The number of aliphatic hydroxyl groups is 1. The summed E-state index contributed by atoms with van der Waals surface area (Å²) in [4.78, 5) is 0. The van der Waals surface area contributed by atoms with Gasteiger partial charge in [0.25, 0.3) is 0 Å². The predicted octanol–water partition coefficient (Wildman–Crippen LogP) is 3.93. The minimum Gasteiger partial charge on any atom is -0.494 e. The molecule has 0 saturated heterocycles. The van der Waals surface area contributed by atoms with Gasteiger partial charge in [-0.25, -0.2) is 0 Å². The van der Waals surface area contributed by atoms with Crippen LogP contribution in [-0.4, -0.2) is 18.3 Å². The highest BCUT2D eigenvalue weighted by molar-refractivity contribution is 5.24. The second kappa shape index (κ2) is 7.71. The van der Waals surface area contributed by atoms with E-state index in [9.17, 15) is 5.11 Å². The first-order valence-electron chi connectivity index (χ1n) is 7.15. The fraction of sp³-hybridized carbons (Fsp3) is 0.333. The number of ether oxygens (including phenoxy) is 1. The average Bonchev–Trinajstić information content (AvgIpc) is 2.50. The molecule has 0 radical (unpaired) electrons. The fourth-order valence-corrected chi connectivity index (χ4v) is 2.24. The fourth-order valence-electron chi connectivity index (χ4n) is 2.24. The van der Waals surface area contributed by atoms with Gasteiger partial charge < -0.3 is 9.84 Å². The standard InChI is InChI=1S/C18H22O2/c1-15-9-11-16(12-10-15)17(14-19)6-5-13-20-18-7-3-2-4-8-18/h2-4,7-12,17,19H,5-6,13-14H2,1H3. The largest absolute Gasteiger partial charge is 0.494 e. The van der Waals surface area contributed by atoms with Gasteiger partial charge in [-0.3, -0.25) is 0 Å². The third-order valence-corrected chi connectivity index (χ3v) is 3.48. The molecule has 0 aromatic heterocycles. The van der Waals surface area contributed by atoms with Gasteiger partial charge in [0.1, 0.15) is 5.75 Å². The Balaban J connectivity index is 1.78. The third-order valence-electron chi connectivity index (χ3n) is 3.48. The van der Waals surface area contributed by atoms with Gasteiger partial charge in [-0.1, -0.05) is 48.0 Å². The quantitative estimate of drug-likeness (QED) is 0.772. The van der Waals surface area contributed by atoms with E-state index in [1.165, 1.54) is 11.1 Å². The summed E-state index contributed by atoms with van der Waals surface area (Å²) in [6.45, 7) is 2.95. The van der Waals surface area contributed by atoms with E-state index in [1.807, 2.05) is 30.3 Å². The first-order valence-corrected chi connectivity index (χ1v) is 7.15. The lowest BCUT2D eigenvalue weighted by Crippen LogP contribution is -2.07. The molecule has 20 heavy (non-hydrogen) atoms. The number of para-hydroxylation sites is 1. The van der Waals surface area contributed by atoms with Crippen LogP contribution >= 0.6 is 0 Å². The molecule has 0 spiro atoms. The molecule has 0 fully saturated rings. The first kappa shape index (κ1) is 14.6. The van der Waals surface area contributed by atoms with Gasteiger partial charge in [0, 0.05) is 12.5 Å². The normalized spacial score (nSPS) is 12.1. The molecule has 2 heteroatoms. The van der Waals surface area contributed by atoms with Gasteiger partial charge in [0.2, 0.25) is 0 Å². The van der Waals surface area contributed by atoms with Gasteiger partial charge in [-0.15, -0.1) is 0 Å². The van der Waals surface area contributed by atoms with Crippen LogP contribution in [0.3, 0.4) is 0 Å². The topological polar surface area (TPSA) is 29.5 Å². The van der Waals surface area contributed by atoms with Crippen LogP contribution in [0.4, 0.5) is 0 Å². The minimum atomic E-state index is 0.189. The second-order valence-electron chi connectivity index (χ2n) is 5.09. The Bertz CT molecular complexity index is 491. The van der Waals surface area contributed by atoms with Gasteiger partial charge in [-0.2, -0.15) is 0 Å². The molecule has 1 unspecified atom stereocenters. The zero-order chi connectivity index (χ0) is 14.2. The van der Waals surface area contributed by atoms with Crippen molar-refractivity contribution in [3.63, 3.8) is 0 Å². The Morgan fingerprint density at radius 2 is 1.70 bits per heavy atom. The summed E-state index contributed by atoms with van der Waals surface area (Å²) in [6.07, 6.45) is 1.88. The number of aryl methyl sites for hydroxylation is 1. The van der Waals surface area contributed by atoms with Crippen LogP contribution in [0.2, 0.25) is 0 Å². The van der Waals surface area contributed by atoms with Crippen LogP contribution in [0.1, 0.15) is 29.9 Å². The summed E-state index contributed by atoms with van der Waals surface area (Å²) < 4.78 is 5.67. The Morgan fingerprint density at radius 3 is 2.35 bits per heavy atom. The Morgan fingerprint density at radius 1 is 1.00 bits per heavy atom. The molecule has 0 aliphatic rings. The number of hydrogen-bond acceptors (Lipinski definition) is 2. The van der Waals surface area contributed by atoms with Gasteiger partial charge >= 0.3 is 0 Å². The molecule has 2 rings (SSSR count). The zero-order valence-electron chi connectivity index (χ0n) is 12.0. The van der Waals surface area contributed by atoms with Crippen LogP contribution in [0, 0.1) is 6.92 Å². The molecule has 0 amide bonds. The highest BCUT2D eigenvalue weighted by atomic mass is 16.5. The Kier molecular flexibility index (Phi) is 5.63. The summed E-state index contributed by atoms with van der Waals surface area (Å²) in [6, 6.07) is 18.2. The molecule has 1 N–H and O–H groups in total. The third kappa shape index (κ3) is 4.39. The Labute approximate surface area is 121 Å². The maximum Gasteiger partial charge on any atom is 0.119 e. The van der Waals surface area contributed by atoms with Crippen molar-refractivity contribution in [2.75, 3.05) is 13.2 Å². The van der Waals surface area contributed by atoms with Crippen molar-refractivity contribution >= 4 is 0 Å². The van der Waals surface area contributed by atoms with Crippen LogP contribution in [0.5, 0.6) is 5.75 Å². The van der Waals surface area contributed by atoms with Crippen molar-refractivity contribution in [1.29, 1.82) is 0 Å². The number of aliphatic hydroxyl groups excluding tert-OH is 1. The molecule has 0 aliphatic carbocycles. The van der Waals surface area contributed by atoms with Crippen molar-refractivity contribution in [3.05, 3.63) is 65.7 Å². The van der Waals surface area contributed by atoms with Crippen LogP contribution in [-0.2, 0) is 0 Å². The summed E-state index contributed by atoms with van der Waals surface area (Å²) in [5.74, 6) is 1.11. The van der Waals surface area contributed by atoms with E-state index in [1.54, 1.807) is 0 Å². The molecule has 0 aliphatic heterocycles. The predicted molar refractivity (Wildman–Crippen MR) is 82.2 cm³/mol. The van der Waals surface area contributed by atoms with E-state index in [2.05, 4.69) is 31.2 Å². The van der Waals surface area contributed by atoms with Crippen molar-refractivity contribution in [2.45, 2.75) is 25.7 Å². The maximum absolute atomic E-state index is 9.52. The minimum absolute atomic E-state index is 0.189. The maximum atomic E-state index is 9.52. The lowest BCUT2D eigenvalue weighted by Gasteiger charge is -2.15. The van der Waals surface area contributed by atoms with Crippen molar-refractivity contribution in [2.24, 2.45) is 0 Å². The molecule has 2 aromatic carbocycles. The lowest BCUT2D eigenvalue weighted by atomic mass is 9.94. The van der Waals surface area contributed by atoms with Crippen LogP contribution < -0.4 is 4.74 Å². The summed E-state index contributed by atoms with van der Waals surface area (Å²) in [5, 5.41) is 9.52. The molecule has 2 aromatic rings. The second-order valence-corrected chi connectivity index (χ2v) is 5.09. The summed E-state index contributed by atoms with van der Waals surface area (Å²) in [5.41, 5.74) is 2.45. The molecule has 106 valence electrons. The molecular formula is C18H22O2. The van der Waals surface area contributed by atoms with Gasteiger partial charge in [0.15, 0.2) is 0 Å². The number of rotatable bonds is 7. The summed E-state index contributed by atoms with van der Waals surface area (Å²) in [7, 11) is 0. The molecular weight excluding hydrogens is 248 g/mol. The highest BCUT2D eigenvalue weighted by Crippen LogP contribution is 2.21. The highest BCUT2D eigenvalue weighted by Gasteiger charge is 2.09. The molecule has 2 nitrogen and oxygen atoms in total. The molecule has 0 saturated carbocycles. The van der Waals surface area contributed by atoms with Crippen LogP contribution in [0.25, 0.3) is 0 Å². The van der Waals surface area contributed by atoms with Gasteiger partial charge in [-0.05, 0) is 37.5 Å². The monoisotopic (exact) mass is 270 g/mol. The van der Waals surface area contributed by atoms with Crippen molar-refractivity contribution < 1.29 is 9.84 Å². The molecule has 0 bridgehead atoms. The van der Waals surface area contributed by atoms with E-state index in [4.69, 9.17) is 4.74 Å². The summed E-state index contributed by atoms with van der Waals surface area (Å²) >= 11 is 0. The van der Waals surface area contributed by atoms with Crippen LogP contribution in [0.15, 0.2) is 54.6 Å². The first-order chi connectivity index (χ1) is 9.79. The average molecular weight is 270 g/mol. The van der Waals surface area contributed by atoms with E-state index in [-0.39, 0.29) is 12.5 Å². The smallest absolute Gasteiger partial charge is 0.119 e. The van der Waals surface area contributed by atoms with Gasteiger partial charge in [0.05, 0.1) is 6.61 Å². The number of hydrogen-bond donors (Lipinski definition) is 1. The molecule has 1 atom stereocenters. The van der Waals surface area contributed by atoms with E-state index >= 15 is 0 Å². The zero-order valence-corrected chi connectivity index (χ0v) is 12.0. The van der Waals surface area contributed by atoms with E-state index < -0.39 is 0 Å². The number of benzene rings is 2. The van der Waals surface area contributed by atoms with Crippen molar-refractivity contribution in [1.82, 2.24) is 0 Å². The molecule has 0 heterocycles.